The molecule has 3 rings (SSSR count). The van der Waals surface area contributed by atoms with Crippen molar-refractivity contribution in [3.05, 3.63) is 61.4 Å². The van der Waals surface area contributed by atoms with Gasteiger partial charge in [-0.25, -0.2) is 0 Å². The van der Waals surface area contributed by atoms with Gasteiger partial charge in [-0.1, -0.05) is 30.0 Å². The number of nitrogens with one attached hydrogen (secondary N) is 1. The smallest absolute Gasteiger partial charge is 0.234 e. The van der Waals surface area contributed by atoms with Crippen LogP contribution < -0.4 is 5.32 Å². The molecule has 3 aromatic rings. The Hall–Kier alpha value is -3.13. The summed E-state index contributed by atoms with van der Waals surface area (Å²) in [5, 5.41) is 21.4. The molecule has 0 saturated carbocycles. The lowest BCUT2D eigenvalue weighted by Gasteiger charge is -2.08. The standard InChI is InChI=1S/C18H17N5O2S/c1-2-11-23-17(13-7-9-19-10-8-13)21-22-18(23)26-12-16(25)20-14-5-3-4-6-15(14)24/h2-10,24H,1,11-12H2,(H,20,25). The number of hydrogen-bond donors (Lipinski definition) is 2. The first-order valence-electron chi connectivity index (χ1n) is 7.84. The average Bonchev–Trinajstić information content (AvgIpc) is 3.06. The van der Waals surface area contributed by atoms with Crippen LogP contribution in [0.2, 0.25) is 0 Å². The Labute approximate surface area is 154 Å². The average molecular weight is 367 g/mol. The summed E-state index contributed by atoms with van der Waals surface area (Å²) in [7, 11) is 0. The zero-order valence-corrected chi connectivity index (χ0v) is 14.7. The van der Waals surface area contributed by atoms with Crippen LogP contribution in [0.25, 0.3) is 11.4 Å². The monoisotopic (exact) mass is 367 g/mol. The predicted molar refractivity (Wildman–Crippen MR) is 101 cm³/mol. The second-order valence-corrected chi connectivity index (χ2v) is 6.24. The van der Waals surface area contributed by atoms with Crippen molar-refractivity contribution in [3.63, 3.8) is 0 Å². The van der Waals surface area contributed by atoms with Gasteiger partial charge in [0.15, 0.2) is 11.0 Å². The molecule has 8 heteroatoms. The fraction of sp³-hybridized carbons (Fsp3) is 0.111. The number of amides is 1. The summed E-state index contributed by atoms with van der Waals surface area (Å²) >= 11 is 1.27. The highest BCUT2D eigenvalue weighted by Crippen LogP contribution is 2.25. The molecule has 0 unspecified atom stereocenters. The number of carbonyl (C=O) groups is 1. The number of benzene rings is 1. The van der Waals surface area contributed by atoms with E-state index in [0.717, 1.165) is 5.56 Å². The van der Waals surface area contributed by atoms with Crippen molar-refractivity contribution in [3.8, 4) is 17.1 Å². The molecule has 2 heterocycles. The van der Waals surface area contributed by atoms with Crippen LogP contribution in [0.3, 0.4) is 0 Å². The number of carbonyl (C=O) groups excluding carboxylic acids is 1. The highest BCUT2D eigenvalue weighted by Gasteiger charge is 2.15. The molecule has 0 spiro atoms. The highest BCUT2D eigenvalue weighted by atomic mass is 32.2. The third kappa shape index (κ3) is 4.09. The summed E-state index contributed by atoms with van der Waals surface area (Å²) in [4.78, 5) is 16.2. The minimum Gasteiger partial charge on any atom is -0.506 e. The van der Waals surface area contributed by atoms with Gasteiger partial charge >= 0.3 is 0 Å². The largest absolute Gasteiger partial charge is 0.506 e. The summed E-state index contributed by atoms with van der Waals surface area (Å²) in [6.07, 6.45) is 5.13. The Morgan fingerprint density at radius 2 is 2.00 bits per heavy atom. The number of para-hydroxylation sites is 2. The number of hydrogen-bond acceptors (Lipinski definition) is 6. The van der Waals surface area contributed by atoms with Crippen LogP contribution in [0, 0.1) is 0 Å². The number of rotatable bonds is 7. The summed E-state index contributed by atoms with van der Waals surface area (Å²) < 4.78 is 1.89. The normalized spacial score (nSPS) is 10.5. The second kappa shape index (κ2) is 8.30. The molecule has 2 aromatic heterocycles. The van der Waals surface area contributed by atoms with E-state index in [2.05, 4.69) is 27.1 Å². The topological polar surface area (TPSA) is 92.9 Å². The van der Waals surface area contributed by atoms with E-state index in [1.165, 1.54) is 17.8 Å². The van der Waals surface area contributed by atoms with Gasteiger partial charge in [0.1, 0.15) is 5.75 Å². The van der Waals surface area contributed by atoms with Crippen molar-refractivity contribution in [2.75, 3.05) is 11.1 Å². The van der Waals surface area contributed by atoms with Crippen LogP contribution in [-0.4, -0.2) is 36.5 Å². The maximum Gasteiger partial charge on any atom is 0.234 e. The summed E-state index contributed by atoms with van der Waals surface area (Å²) in [5.74, 6) is 0.617. The molecule has 0 bridgehead atoms. The van der Waals surface area contributed by atoms with Crippen LogP contribution >= 0.6 is 11.8 Å². The van der Waals surface area contributed by atoms with E-state index in [0.29, 0.717) is 23.2 Å². The third-order valence-corrected chi connectivity index (χ3v) is 4.44. The number of pyridine rings is 1. The van der Waals surface area contributed by atoms with Gasteiger partial charge in [-0.15, -0.1) is 16.8 Å². The Balaban J connectivity index is 1.72. The van der Waals surface area contributed by atoms with Gasteiger partial charge < -0.3 is 10.4 Å². The molecule has 0 aliphatic carbocycles. The van der Waals surface area contributed by atoms with Crippen LogP contribution in [0.1, 0.15) is 0 Å². The number of anilines is 1. The third-order valence-electron chi connectivity index (χ3n) is 3.48. The van der Waals surface area contributed by atoms with Gasteiger partial charge in [-0.2, -0.15) is 0 Å². The molecule has 1 aromatic carbocycles. The molecule has 132 valence electrons. The van der Waals surface area contributed by atoms with Crippen LogP contribution in [0.15, 0.2) is 66.6 Å². The summed E-state index contributed by atoms with van der Waals surface area (Å²) in [6.45, 7) is 4.29. The first kappa shape index (κ1) is 17.7. The molecule has 0 fully saturated rings. The molecule has 0 aliphatic heterocycles. The second-order valence-electron chi connectivity index (χ2n) is 5.30. The number of nitrogens with zero attached hydrogens (tertiary/aromatic N) is 4. The number of allylic oxidation sites excluding steroid dienone is 1. The van der Waals surface area contributed by atoms with Crippen molar-refractivity contribution < 1.29 is 9.90 Å². The zero-order valence-electron chi connectivity index (χ0n) is 13.9. The van der Waals surface area contributed by atoms with Gasteiger partial charge in [0.25, 0.3) is 0 Å². The van der Waals surface area contributed by atoms with Gasteiger partial charge in [0, 0.05) is 24.5 Å². The molecule has 0 radical (unpaired) electrons. The van der Waals surface area contributed by atoms with Gasteiger partial charge in [-0.05, 0) is 24.3 Å². The van der Waals surface area contributed by atoms with E-state index < -0.39 is 0 Å². The molecular formula is C18H17N5O2S. The fourth-order valence-corrected chi connectivity index (χ4v) is 3.05. The van der Waals surface area contributed by atoms with Gasteiger partial charge in [-0.3, -0.25) is 14.3 Å². The first-order valence-corrected chi connectivity index (χ1v) is 8.82. The fourth-order valence-electron chi connectivity index (χ4n) is 2.30. The minimum atomic E-state index is -0.241. The van der Waals surface area contributed by atoms with Crippen molar-refractivity contribution >= 4 is 23.4 Å². The van der Waals surface area contributed by atoms with Gasteiger partial charge in [0.2, 0.25) is 5.91 Å². The Kier molecular flexibility index (Phi) is 5.65. The Bertz CT molecular complexity index is 911. The minimum absolute atomic E-state index is 0.0284. The van der Waals surface area contributed by atoms with Crippen molar-refractivity contribution in [1.82, 2.24) is 19.7 Å². The quantitative estimate of drug-likeness (QED) is 0.379. The molecule has 0 atom stereocenters. The summed E-state index contributed by atoms with van der Waals surface area (Å²) in [6, 6.07) is 10.3. The Morgan fingerprint density at radius 3 is 2.73 bits per heavy atom. The number of aromatic nitrogens is 4. The van der Waals surface area contributed by atoms with Crippen LogP contribution in [0.4, 0.5) is 5.69 Å². The highest BCUT2D eigenvalue weighted by molar-refractivity contribution is 7.99. The number of phenolic OH excluding ortho intramolecular Hbond substituents is 1. The van der Waals surface area contributed by atoms with Crippen molar-refractivity contribution in [2.24, 2.45) is 0 Å². The number of phenols is 1. The lowest BCUT2D eigenvalue weighted by Crippen LogP contribution is -2.14. The van der Waals surface area contributed by atoms with E-state index in [9.17, 15) is 9.90 Å². The maximum absolute atomic E-state index is 12.2. The van der Waals surface area contributed by atoms with E-state index >= 15 is 0 Å². The Morgan fingerprint density at radius 1 is 1.23 bits per heavy atom. The van der Waals surface area contributed by atoms with E-state index in [-0.39, 0.29) is 17.4 Å². The molecule has 0 saturated heterocycles. The van der Waals surface area contributed by atoms with Crippen molar-refractivity contribution in [1.29, 1.82) is 0 Å². The SMILES string of the molecule is C=CCn1c(SCC(=O)Nc2ccccc2O)nnc1-c1ccncc1. The molecule has 0 aliphatic rings. The number of aromatic hydroxyl groups is 1. The molecule has 1 amide bonds. The lowest BCUT2D eigenvalue weighted by molar-refractivity contribution is -0.113. The van der Waals surface area contributed by atoms with E-state index in [1.807, 2.05) is 16.7 Å². The molecule has 7 nitrogen and oxygen atoms in total. The first-order chi connectivity index (χ1) is 12.7. The predicted octanol–water partition coefficient (Wildman–Crippen LogP) is 2.96. The van der Waals surface area contributed by atoms with E-state index in [4.69, 9.17) is 0 Å². The van der Waals surface area contributed by atoms with E-state index in [1.54, 1.807) is 36.7 Å². The molecular weight excluding hydrogens is 350 g/mol. The maximum atomic E-state index is 12.2. The van der Waals surface area contributed by atoms with Crippen LogP contribution in [0.5, 0.6) is 5.75 Å². The zero-order chi connectivity index (χ0) is 18.4. The lowest BCUT2D eigenvalue weighted by atomic mass is 10.2. The number of thioether (sulfide) groups is 1. The molecule has 26 heavy (non-hydrogen) atoms. The van der Waals surface area contributed by atoms with Gasteiger partial charge in [0.05, 0.1) is 11.4 Å². The molecule has 2 N–H and O–H groups in total. The summed E-state index contributed by atoms with van der Waals surface area (Å²) in [5.41, 5.74) is 1.27. The van der Waals surface area contributed by atoms with Crippen LogP contribution in [-0.2, 0) is 11.3 Å². The van der Waals surface area contributed by atoms with Crippen molar-refractivity contribution in [2.45, 2.75) is 11.7 Å².